The molecule has 86 valence electrons. The van der Waals surface area contributed by atoms with Crippen molar-refractivity contribution in [3.8, 4) is 0 Å². The van der Waals surface area contributed by atoms with Gasteiger partial charge in [0.1, 0.15) is 0 Å². The zero-order valence-corrected chi connectivity index (χ0v) is 9.86. The van der Waals surface area contributed by atoms with E-state index >= 15 is 0 Å². The normalized spacial score (nSPS) is 18.6. The molecular weight excluding hydrogens is 200 g/mol. The van der Waals surface area contributed by atoms with Crippen LogP contribution in [0, 0.1) is 0 Å². The fourth-order valence-electron chi connectivity index (χ4n) is 2.54. The van der Waals surface area contributed by atoms with E-state index in [0.29, 0.717) is 11.6 Å². The Hall–Kier alpha value is -1.51. The third-order valence-electron chi connectivity index (χ3n) is 3.38. The Morgan fingerprint density at radius 2 is 2.25 bits per heavy atom. The molecule has 1 heterocycles. The third-order valence-corrected chi connectivity index (χ3v) is 3.38. The van der Waals surface area contributed by atoms with Gasteiger partial charge in [-0.25, -0.2) is 0 Å². The second-order valence-corrected chi connectivity index (χ2v) is 4.26. The van der Waals surface area contributed by atoms with Crippen LogP contribution in [0.15, 0.2) is 18.2 Å². The van der Waals surface area contributed by atoms with E-state index in [0.717, 1.165) is 19.4 Å². The molecule has 1 aliphatic heterocycles. The number of rotatable bonds is 3. The highest BCUT2D eigenvalue weighted by molar-refractivity contribution is 5.93. The highest BCUT2D eigenvalue weighted by atomic mass is 16.1. The summed E-state index contributed by atoms with van der Waals surface area (Å²) >= 11 is 0. The first-order valence-corrected chi connectivity index (χ1v) is 5.86. The summed E-state index contributed by atoms with van der Waals surface area (Å²) in [5.41, 5.74) is 8.42. The van der Waals surface area contributed by atoms with E-state index in [1.807, 2.05) is 18.2 Å². The van der Waals surface area contributed by atoms with Crippen LogP contribution in [0.4, 0.5) is 5.69 Å². The van der Waals surface area contributed by atoms with Gasteiger partial charge >= 0.3 is 0 Å². The summed E-state index contributed by atoms with van der Waals surface area (Å²) in [4.78, 5) is 13.5. The highest BCUT2D eigenvalue weighted by Gasteiger charge is 2.26. The number of fused-ring (bicyclic) bond motifs is 1. The number of benzene rings is 1. The monoisotopic (exact) mass is 218 g/mol. The number of hydrogen-bond donors (Lipinski definition) is 1. The lowest BCUT2D eigenvalue weighted by molar-refractivity contribution is 0.1000. The molecule has 1 aromatic rings. The van der Waals surface area contributed by atoms with Crippen molar-refractivity contribution in [1.29, 1.82) is 0 Å². The molecule has 0 radical (unpaired) electrons. The van der Waals surface area contributed by atoms with Gasteiger partial charge in [-0.15, -0.1) is 0 Å². The number of amides is 1. The summed E-state index contributed by atoms with van der Waals surface area (Å²) in [6.45, 7) is 5.38. The minimum absolute atomic E-state index is 0.342. The molecule has 2 rings (SSSR count). The van der Waals surface area contributed by atoms with Gasteiger partial charge in [-0.2, -0.15) is 0 Å². The molecule has 0 spiro atoms. The number of nitrogens with two attached hydrogens (primary N) is 1. The Balaban J connectivity index is 2.38. The molecule has 2 N–H and O–H groups in total. The molecule has 1 aromatic carbocycles. The number of carbonyl (C=O) groups excluding carboxylic acids is 1. The molecular formula is C13H18N2O. The maximum Gasteiger partial charge on any atom is 0.248 e. The van der Waals surface area contributed by atoms with Crippen LogP contribution in [0.25, 0.3) is 0 Å². The topological polar surface area (TPSA) is 46.3 Å². The molecule has 1 amide bonds. The van der Waals surface area contributed by atoms with Gasteiger partial charge in [-0.1, -0.05) is 6.92 Å². The Morgan fingerprint density at radius 1 is 1.50 bits per heavy atom. The molecule has 1 aliphatic rings. The highest BCUT2D eigenvalue weighted by Crippen LogP contribution is 2.33. The minimum Gasteiger partial charge on any atom is -0.368 e. The van der Waals surface area contributed by atoms with Crippen molar-refractivity contribution < 1.29 is 4.79 Å². The van der Waals surface area contributed by atoms with E-state index in [4.69, 9.17) is 5.73 Å². The predicted molar refractivity (Wildman–Crippen MR) is 65.8 cm³/mol. The summed E-state index contributed by atoms with van der Waals surface area (Å²) in [6, 6.07) is 6.36. The number of likely N-dealkylation sites (N-methyl/N-ethyl adjacent to an activating group) is 1. The minimum atomic E-state index is -0.342. The van der Waals surface area contributed by atoms with Crippen molar-refractivity contribution in [2.75, 3.05) is 11.4 Å². The maximum absolute atomic E-state index is 11.1. The van der Waals surface area contributed by atoms with Gasteiger partial charge in [0.05, 0.1) is 0 Å². The average Bonchev–Trinajstić information content (AvgIpc) is 2.65. The lowest BCUT2D eigenvalue weighted by Crippen LogP contribution is -2.30. The fourth-order valence-corrected chi connectivity index (χ4v) is 2.54. The lowest BCUT2D eigenvalue weighted by atomic mass is 10.1. The van der Waals surface area contributed by atoms with Crippen molar-refractivity contribution >= 4 is 11.6 Å². The summed E-state index contributed by atoms with van der Waals surface area (Å²) in [6.07, 6.45) is 2.16. The van der Waals surface area contributed by atoms with Gasteiger partial charge in [0.2, 0.25) is 5.91 Å². The second-order valence-electron chi connectivity index (χ2n) is 4.26. The van der Waals surface area contributed by atoms with E-state index < -0.39 is 0 Å². The van der Waals surface area contributed by atoms with Gasteiger partial charge in [0.15, 0.2) is 0 Å². The van der Waals surface area contributed by atoms with Crippen molar-refractivity contribution in [2.24, 2.45) is 5.73 Å². The van der Waals surface area contributed by atoms with E-state index in [-0.39, 0.29) is 5.91 Å². The van der Waals surface area contributed by atoms with Gasteiger partial charge in [-0.05, 0) is 43.5 Å². The number of primary amides is 1. The first-order valence-electron chi connectivity index (χ1n) is 5.86. The summed E-state index contributed by atoms with van der Waals surface area (Å²) in [7, 11) is 0. The molecule has 0 saturated heterocycles. The predicted octanol–water partition coefficient (Wildman–Crippen LogP) is 1.95. The van der Waals surface area contributed by atoms with Gasteiger partial charge in [0.25, 0.3) is 0 Å². The van der Waals surface area contributed by atoms with Crippen LogP contribution >= 0.6 is 0 Å². The van der Waals surface area contributed by atoms with Gasteiger partial charge in [0, 0.05) is 23.8 Å². The second kappa shape index (κ2) is 4.16. The summed E-state index contributed by atoms with van der Waals surface area (Å²) < 4.78 is 0. The van der Waals surface area contributed by atoms with Gasteiger partial charge in [-0.3, -0.25) is 4.79 Å². The van der Waals surface area contributed by atoms with Crippen molar-refractivity contribution in [3.63, 3.8) is 0 Å². The van der Waals surface area contributed by atoms with Crippen LogP contribution in [-0.2, 0) is 6.42 Å². The van der Waals surface area contributed by atoms with E-state index in [1.165, 1.54) is 11.3 Å². The van der Waals surface area contributed by atoms with E-state index in [1.54, 1.807) is 0 Å². The SMILES string of the molecule is CCC1Cc2cc(C(N)=O)ccc2N1CC. The Labute approximate surface area is 96.2 Å². The van der Waals surface area contributed by atoms with Crippen molar-refractivity contribution in [3.05, 3.63) is 29.3 Å². The van der Waals surface area contributed by atoms with Crippen molar-refractivity contribution in [2.45, 2.75) is 32.7 Å². The molecule has 0 aliphatic carbocycles. The van der Waals surface area contributed by atoms with Crippen LogP contribution in [0.1, 0.15) is 36.2 Å². The Kier molecular flexibility index (Phi) is 2.86. The van der Waals surface area contributed by atoms with Crippen LogP contribution in [-0.4, -0.2) is 18.5 Å². The smallest absolute Gasteiger partial charge is 0.248 e. The zero-order chi connectivity index (χ0) is 11.7. The van der Waals surface area contributed by atoms with E-state index in [9.17, 15) is 4.79 Å². The van der Waals surface area contributed by atoms with Crippen LogP contribution in [0.2, 0.25) is 0 Å². The maximum atomic E-state index is 11.1. The zero-order valence-electron chi connectivity index (χ0n) is 9.86. The molecule has 0 aromatic heterocycles. The number of carbonyl (C=O) groups is 1. The Morgan fingerprint density at radius 3 is 2.81 bits per heavy atom. The average molecular weight is 218 g/mol. The van der Waals surface area contributed by atoms with Crippen molar-refractivity contribution in [1.82, 2.24) is 0 Å². The van der Waals surface area contributed by atoms with Crippen LogP contribution < -0.4 is 10.6 Å². The van der Waals surface area contributed by atoms with Gasteiger partial charge < -0.3 is 10.6 Å². The van der Waals surface area contributed by atoms with Crippen LogP contribution in [0.5, 0.6) is 0 Å². The van der Waals surface area contributed by atoms with Crippen LogP contribution in [0.3, 0.4) is 0 Å². The molecule has 1 unspecified atom stereocenters. The quantitative estimate of drug-likeness (QED) is 0.842. The van der Waals surface area contributed by atoms with E-state index in [2.05, 4.69) is 18.7 Å². The number of nitrogens with zero attached hydrogens (tertiary/aromatic N) is 1. The number of hydrogen-bond acceptors (Lipinski definition) is 2. The molecule has 0 bridgehead atoms. The molecule has 16 heavy (non-hydrogen) atoms. The molecule has 3 heteroatoms. The Bertz CT molecular complexity index is 414. The third kappa shape index (κ3) is 1.66. The number of anilines is 1. The lowest BCUT2D eigenvalue weighted by Gasteiger charge is -2.24. The summed E-state index contributed by atoms with van der Waals surface area (Å²) in [5, 5.41) is 0. The molecule has 3 nitrogen and oxygen atoms in total. The largest absolute Gasteiger partial charge is 0.368 e. The fraction of sp³-hybridized carbons (Fsp3) is 0.462. The standard InChI is InChI=1S/C13H18N2O/c1-3-11-8-10-7-9(13(14)16)5-6-12(10)15(11)4-2/h5-7,11H,3-4,8H2,1-2H3,(H2,14,16). The molecule has 0 fully saturated rings. The first-order chi connectivity index (χ1) is 7.67. The molecule has 1 atom stereocenters. The summed E-state index contributed by atoms with van der Waals surface area (Å²) in [5.74, 6) is -0.342. The molecule has 0 saturated carbocycles. The first kappa shape index (κ1) is 11.0.